The van der Waals surface area contributed by atoms with Crippen molar-refractivity contribution in [2.24, 2.45) is 0 Å². The fraction of sp³-hybridized carbons (Fsp3) is 0.611. The van der Waals surface area contributed by atoms with Crippen LogP contribution in [0.5, 0.6) is 0 Å². The number of aromatic nitrogens is 4. The van der Waals surface area contributed by atoms with Gasteiger partial charge < -0.3 is 5.32 Å². The van der Waals surface area contributed by atoms with Crippen molar-refractivity contribution in [3.8, 4) is 0 Å². The second kappa shape index (κ2) is 7.00. The smallest absolute Gasteiger partial charge is 0.242 e. The topological polar surface area (TPSA) is 68.0 Å². The van der Waals surface area contributed by atoms with Crippen molar-refractivity contribution in [2.75, 3.05) is 18.4 Å². The Morgan fingerprint density at radius 3 is 2.68 bits per heavy atom. The highest BCUT2D eigenvalue weighted by molar-refractivity contribution is 5.93. The first-order valence-corrected chi connectivity index (χ1v) is 9.01. The maximum absolute atomic E-state index is 12.6. The van der Waals surface area contributed by atoms with Crippen LogP contribution in [0.2, 0.25) is 0 Å². The van der Waals surface area contributed by atoms with Gasteiger partial charge in [0.05, 0.1) is 30.0 Å². The van der Waals surface area contributed by atoms with E-state index in [0.29, 0.717) is 6.04 Å². The fourth-order valence-corrected chi connectivity index (χ4v) is 3.31. The van der Waals surface area contributed by atoms with Crippen molar-refractivity contribution in [2.45, 2.75) is 59.2 Å². The molecule has 0 unspecified atom stereocenters. The van der Waals surface area contributed by atoms with E-state index in [1.807, 2.05) is 24.6 Å². The van der Waals surface area contributed by atoms with Crippen molar-refractivity contribution in [1.29, 1.82) is 0 Å². The quantitative estimate of drug-likeness (QED) is 0.874. The highest BCUT2D eigenvalue weighted by Gasteiger charge is 2.35. The molecule has 0 spiro atoms. The van der Waals surface area contributed by atoms with Crippen molar-refractivity contribution in [3.63, 3.8) is 0 Å². The Labute approximate surface area is 149 Å². The normalized spacial score (nSPS) is 18.0. The van der Waals surface area contributed by atoms with E-state index < -0.39 is 0 Å². The summed E-state index contributed by atoms with van der Waals surface area (Å²) < 4.78 is 3.95. The van der Waals surface area contributed by atoms with Gasteiger partial charge in [-0.3, -0.25) is 14.4 Å². The molecule has 2 aromatic rings. The van der Waals surface area contributed by atoms with Crippen molar-refractivity contribution < 1.29 is 4.79 Å². The minimum absolute atomic E-state index is 0.0110. The lowest BCUT2D eigenvalue weighted by atomic mass is 10.1. The summed E-state index contributed by atoms with van der Waals surface area (Å²) in [5.74, 6) is 0.777. The lowest BCUT2D eigenvalue weighted by molar-refractivity contribution is -0.123. The molecule has 3 rings (SSSR count). The Hall–Kier alpha value is -2.15. The van der Waals surface area contributed by atoms with Crippen LogP contribution in [-0.4, -0.2) is 49.5 Å². The maximum Gasteiger partial charge on any atom is 0.242 e. The van der Waals surface area contributed by atoms with Crippen molar-refractivity contribution in [1.82, 2.24) is 24.5 Å². The van der Waals surface area contributed by atoms with E-state index >= 15 is 0 Å². The summed E-state index contributed by atoms with van der Waals surface area (Å²) >= 11 is 0. The van der Waals surface area contributed by atoms with Gasteiger partial charge in [-0.25, -0.2) is 4.68 Å². The van der Waals surface area contributed by atoms with Crippen LogP contribution in [0.1, 0.15) is 50.7 Å². The third-order valence-electron chi connectivity index (χ3n) is 5.14. The number of carbonyl (C=O) groups is 1. The molecule has 1 saturated heterocycles. The molecule has 2 atom stereocenters. The number of amides is 1. The van der Waals surface area contributed by atoms with E-state index in [2.05, 4.69) is 51.9 Å². The molecule has 1 N–H and O–H groups in total. The van der Waals surface area contributed by atoms with Gasteiger partial charge in [0.2, 0.25) is 5.91 Å². The molecule has 0 aromatic carbocycles. The summed E-state index contributed by atoms with van der Waals surface area (Å²) in [6.45, 7) is 11.9. The molecule has 136 valence electrons. The van der Waals surface area contributed by atoms with E-state index in [0.717, 1.165) is 31.0 Å². The molecule has 0 aliphatic carbocycles. The zero-order valence-corrected chi connectivity index (χ0v) is 15.7. The molecular weight excluding hydrogens is 316 g/mol. The molecular formula is C18H28N6O. The number of likely N-dealkylation sites (tertiary alicyclic amines) is 1. The lowest BCUT2D eigenvalue weighted by Gasteiger charge is -2.42. The molecule has 7 nitrogen and oxygen atoms in total. The Morgan fingerprint density at radius 2 is 2.08 bits per heavy atom. The van der Waals surface area contributed by atoms with Crippen LogP contribution in [0.4, 0.5) is 5.82 Å². The predicted octanol–water partition coefficient (Wildman–Crippen LogP) is 2.55. The molecule has 1 fully saturated rings. The Kier molecular flexibility index (Phi) is 4.94. The Balaban J connectivity index is 1.58. The largest absolute Gasteiger partial charge is 0.310 e. The average molecular weight is 344 g/mol. The first-order valence-electron chi connectivity index (χ1n) is 9.01. The van der Waals surface area contributed by atoms with Crippen LogP contribution in [0.15, 0.2) is 18.3 Å². The highest BCUT2D eigenvalue weighted by atomic mass is 16.2. The van der Waals surface area contributed by atoms with Crippen LogP contribution >= 0.6 is 0 Å². The van der Waals surface area contributed by atoms with E-state index in [-0.39, 0.29) is 18.0 Å². The zero-order valence-electron chi connectivity index (χ0n) is 15.7. The first-order chi connectivity index (χ1) is 11.9. The molecule has 2 aromatic heterocycles. The van der Waals surface area contributed by atoms with Gasteiger partial charge in [0.15, 0.2) is 0 Å². The number of rotatable bonds is 6. The van der Waals surface area contributed by atoms with Gasteiger partial charge in [-0.1, -0.05) is 6.92 Å². The number of aryl methyl sites for hydroxylation is 2. The van der Waals surface area contributed by atoms with Crippen molar-refractivity contribution in [3.05, 3.63) is 29.7 Å². The van der Waals surface area contributed by atoms with Gasteiger partial charge in [0.1, 0.15) is 5.82 Å². The standard InChI is InChI=1S/C18H28N6O/c1-6-13(3)24-17(7-8-19-24)20-18(25)15(5)22-10-16(11-22)23-14(4)9-12(2)21-23/h7-9,13,15-16H,6,10-11H2,1-5H3,(H,20,25)/t13-,15-/m0/s1. The lowest BCUT2D eigenvalue weighted by Crippen LogP contribution is -2.55. The van der Waals surface area contributed by atoms with Gasteiger partial charge >= 0.3 is 0 Å². The minimum Gasteiger partial charge on any atom is -0.310 e. The summed E-state index contributed by atoms with van der Waals surface area (Å²) in [5, 5.41) is 11.9. The van der Waals surface area contributed by atoms with E-state index in [9.17, 15) is 4.79 Å². The molecule has 7 heteroatoms. The Morgan fingerprint density at radius 1 is 1.36 bits per heavy atom. The number of anilines is 1. The highest BCUT2D eigenvalue weighted by Crippen LogP contribution is 2.25. The van der Waals surface area contributed by atoms with Crippen LogP contribution in [0.3, 0.4) is 0 Å². The van der Waals surface area contributed by atoms with Gasteiger partial charge in [-0.2, -0.15) is 10.2 Å². The van der Waals surface area contributed by atoms with E-state index in [1.165, 1.54) is 5.69 Å². The zero-order chi connectivity index (χ0) is 18.1. The molecule has 3 heterocycles. The molecule has 25 heavy (non-hydrogen) atoms. The molecule has 1 aliphatic rings. The molecule has 1 aliphatic heterocycles. The number of nitrogens with one attached hydrogen (secondary N) is 1. The third-order valence-corrected chi connectivity index (χ3v) is 5.14. The molecule has 1 amide bonds. The average Bonchev–Trinajstić information content (AvgIpc) is 3.11. The van der Waals surface area contributed by atoms with Crippen LogP contribution < -0.4 is 5.32 Å². The van der Waals surface area contributed by atoms with Gasteiger partial charge in [0, 0.05) is 24.8 Å². The van der Waals surface area contributed by atoms with Gasteiger partial charge in [-0.15, -0.1) is 0 Å². The molecule has 0 radical (unpaired) electrons. The summed E-state index contributed by atoms with van der Waals surface area (Å²) in [5.41, 5.74) is 2.22. The first kappa shape index (κ1) is 17.7. The van der Waals surface area contributed by atoms with Crippen LogP contribution in [-0.2, 0) is 4.79 Å². The van der Waals surface area contributed by atoms with Crippen LogP contribution in [0, 0.1) is 13.8 Å². The monoisotopic (exact) mass is 344 g/mol. The number of hydrogen-bond donors (Lipinski definition) is 1. The molecule has 0 saturated carbocycles. The van der Waals surface area contributed by atoms with E-state index in [1.54, 1.807) is 6.20 Å². The number of carbonyl (C=O) groups excluding carboxylic acids is 1. The third kappa shape index (κ3) is 3.46. The second-order valence-corrected chi connectivity index (χ2v) is 7.06. The summed E-state index contributed by atoms with van der Waals surface area (Å²) in [7, 11) is 0. The fourth-order valence-electron chi connectivity index (χ4n) is 3.31. The second-order valence-electron chi connectivity index (χ2n) is 7.06. The summed E-state index contributed by atoms with van der Waals surface area (Å²) in [6.07, 6.45) is 2.70. The van der Waals surface area contributed by atoms with Crippen molar-refractivity contribution >= 4 is 11.7 Å². The van der Waals surface area contributed by atoms with Gasteiger partial charge in [-0.05, 0) is 40.2 Å². The number of hydrogen-bond acceptors (Lipinski definition) is 4. The van der Waals surface area contributed by atoms with E-state index in [4.69, 9.17) is 0 Å². The van der Waals surface area contributed by atoms with Crippen LogP contribution in [0.25, 0.3) is 0 Å². The summed E-state index contributed by atoms with van der Waals surface area (Å²) in [4.78, 5) is 14.8. The van der Waals surface area contributed by atoms with Gasteiger partial charge in [0.25, 0.3) is 0 Å². The molecule has 0 bridgehead atoms. The minimum atomic E-state index is -0.173. The SMILES string of the molecule is CC[C@H](C)n1nccc1NC(=O)[C@H](C)N1CC(n2nc(C)cc2C)C1. The Bertz CT molecular complexity index is 743. The predicted molar refractivity (Wildman–Crippen MR) is 97.6 cm³/mol. The number of nitrogens with zero attached hydrogens (tertiary/aromatic N) is 5. The maximum atomic E-state index is 12.6. The summed E-state index contributed by atoms with van der Waals surface area (Å²) in [6, 6.07) is 4.39.